The van der Waals surface area contributed by atoms with Crippen LogP contribution in [-0.2, 0) is 7.05 Å². The maximum absolute atomic E-state index is 9.37. The summed E-state index contributed by atoms with van der Waals surface area (Å²) in [6.07, 6.45) is 0. The molecule has 0 spiro atoms. The third-order valence-electron chi connectivity index (χ3n) is 6.65. The molecule has 0 saturated carbocycles. The lowest BCUT2D eigenvalue weighted by molar-refractivity contribution is -0.633. The quantitative estimate of drug-likeness (QED) is 0.230. The monoisotopic (exact) mass is 467 g/mol. The fraction of sp³-hybridized carbons (Fsp3) is 0.242. The summed E-state index contributed by atoms with van der Waals surface area (Å²) < 4.78 is 73.3. The van der Waals surface area contributed by atoms with Gasteiger partial charge >= 0.3 is 0 Å². The highest BCUT2D eigenvalue weighted by Gasteiger charge is 2.31. The van der Waals surface area contributed by atoms with Crippen molar-refractivity contribution in [2.45, 2.75) is 46.3 Å². The van der Waals surface area contributed by atoms with Gasteiger partial charge in [-0.25, -0.2) is 4.57 Å². The van der Waals surface area contributed by atoms with Crippen molar-refractivity contribution in [2.75, 3.05) is 0 Å². The van der Waals surface area contributed by atoms with Gasteiger partial charge < -0.3 is 0 Å². The zero-order valence-corrected chi connectivity index (χ0v) is 20.6. The van der Waals surface area contributed by atoms with Crippen molar-refractivity contribution in [2.24, 2.45) is 7.05 Å². The zero-order valence-electron chi connectivity index (χ0n) is 28.6. The Hall–Kier alpha value is -3.65. The lowest BCUT2D eigenvalue weighted by Crippen LogP contribution is -2.30. The van der Waals surface area contributed by atoms with E-state index in [1.807, 2.05) is 102 Å². The number of para-hydroxylation sites is 2. The molecular formula is C33H35N2+. The van der Waals surface area contributed by atoms with Crippen molar-refractivity contribution >= 4 is 11.0 Å². The van der Waals surface area contributed by atoms with E-state index in [1.165, 1.54) is 13.8 Å². The normalized spacial score (nSPS) is 19.1. The molecular weight excluding hydrogens is 424 g/mol. The topological polar surface area (TPSA) is 8.81 Å². The van der Waals surface area contributed by atoms with Crippen LogP contribution >= 0.6 is 0 Å². The molecule has 0 radical (unpaired) electrons. The molecule has 0 amide bonds. The molecule has 176 valence electrons. The number of nitrogens with zero attached hydrogens (tertiary/aromatic N) is 2. The summed E-state index contributed by atoms with van der Waals surface area (Å²) >= 11 is 0. The van der Waals surface area contributed by atoms with Gasteiger partial charge in [-0.15, -0.1) is 0 Å². The van der Waals surface area contributed by atoms with Crippen LogP contribution in [0.4, 0.5) is 0 Å². The number of aryl methyl sites for hydroxylation is 2. The second-order valence-corrected chi connectivity index (χ2v) is 9.06. The van der Waals surface area contributed by atoms with E-state index < -0.39 is 25.5 Å². The number of fused-ring (bicyclic) bond motifs is 1. The fourth-order valence-corrected chi connectivity index (χ4v) is 4.91. The number of aromatic nitrogens is 2. The number of rotatable bonds is 5. The first-order chi connectivity index (χ1) is 20.0. The molecule has 1 heterocycles. The first-order valence-corrected chi connectivity index (χ1v) is 11.8. The minimum atomic E-state index is -2.78. The standard InChI is InChI=1S/C33H35N2/c1-22(2)28-20-26(25-15-8-7-9-16-25)21-29(23(3)4)32(28)35-31-19-13-12-18-30(31)34(6)33(35)27-17-11-10-14-24(27)5/h7-23H,1-6H3/q+1/i1D3,3D3,22D,23D. The van der Waals surface area contributed by atoms with Gasteiger partial charge in [-0.2, -0.15) is 4.57 Å². The van der Waals surface area contributed by atoms with Crippen LogP contribution in [0.5, 0.6) is 0 Å². The molecule has 2 nitrogen and oxygen atoms in total. The molecule has 2 heteroatoms. The van der Waals surface area contributed by atoms with Crippen molar-refractivity contribution in [3.63, 3.8) is 0 Å². The fourth-order valence-electron chi connectivity index (χ4n) is 4.91. The zero-order chi connectivity index (χ0) is 31.5. The van der Waals surface area contributed by atoms with Crippen LogP contribution in [0.2, 0.25) is 0 Å². The Kier molecular flexibility index (Phi) is 4.03. The Morgan fingerprint density at radius 1 is 0.771 bits per heavy atom. The average Bonchev–Trinajstić information content (AvgIpc) is 3.23. The van der Waals surface area contributed by atoms with E-state index in [2.05, 4.69) is 0 Å². The van der Waals surface area contributed by atoms with Gasteiger partial charge in [0.05, 0.1) is 12.6 Å². The Balaban J connectivity index is 2.09. The van der Waals surface area contributed by atoms with Gasteiger partial charge in [0.2, 0.25) is 0 Å². The molecule has 2 atom stereocenters. The lowest BCUT2D eigenvalue weighted by Gasteiger charge is -2.21. The van der Waals surface area contributed by atoms with Crippen molar-refractivity contribution in [3.05, 3.63) is 108 Å². The Morgan fingerprint density at radius 3 is 2.03 bits per heavy atom. The van der Waals surface area contributed by atoms with Crippen LogP contribution in [0.3, 0.4) is 0 Å². The molecule has 0 saturated heterocycles. The SMILES string of the molecule is [2H]C([2H])([2H])C([2H])(C)c1cc(-c2ccccc2)cc(C([2H])(C)C([2H])([2H])[2H])c1-n1c(-c2ccccc2C)[n+](C)c2ccccc21. The third-order valence-corrected chi connectivity index (χ3v) is 6.65. The Morgan fingerprint density at radius 2 is 1.37 bits per heavy atom. The minimum absolute atomic E-state index is 0.114. The first kappa shape index (κ1) is 15.4. The maximum Gasteiger partial charge on any atom is 0.295 e. The molecule has 35 heavy (non-hydrogen) atoms. The van der Waals surface area contributed by atoms with Crippen LogP contribution in [-0.4, -0.2) is 4.57 Å². The van der Waals surface area contributed by atoms with E-state index in [4.69, 9.17) is 8.22 Å². The van der Waals surface area contributed by atoms with Crippen LogP contribution < -0.4 is 4.57 Å². The van der Waals surface area contributed by atoms with E-state index in [9.17, 15) is 2.74 Å². The van der Waals surface area contributed by atoms with Crippen LogP contribution in [0.1, 0.15) is 67.0 Å². The highest BCUT2D eigenvalue weighted by atomic mass is 15.2. The molecule has 1 aromatic heterocycles. The number of imidazole rings is 1. The van der Waals surface area contributed by atoms with Crippen molar-refractivity contribution in [1.82, 2.24) is 4.57 Å². The van der Waals surface area contributed by atoms with E-state index >= 15 is 0 Å². The summed E-state index contributed by atoms with van der Waals surface area (Å²) in [5.41, 5.74) is 5.04. The van der Waals surface area contributed by atoms with Gasteiger partial charge in [0, 0.05) is 22.1 Å². The third kappa shape index (κ3) is 3.97. The molecule has 0 N–H and O–H groups in total. The summed E-state index contributed by atoms with van der Waals surface area (Å²) in [5, 5.41) is 0. The second-order valence-electron chi connectivity index (χ2n) is 9.06. The van der Waals surface area contributed by atoms with E-state index in [0.29, 0.717) is 16.9 Å². The second kappa shape index (κ2) is 9.19. The van der Waals surface area contributed by atoms with E-state index in [0.717, 1.165) is 22.2 Å². The van der Waals surface area contributed by atoms with Gasteiger partial charge in [0.1, 0.15) is 5.69 Å². The van der Waals surface area contributed by atoms with Gasteiger partial charge in [-0.05, 0) is 65.7 Å². The molecule has 0 aliphatic heterocycles. The smallest absolute Gasteiger partial charge is 0.225 e. The molecule has 0 aliphatic rings. The molecule has 2 unspecified atom stereocenters. The Labute approximate surface area is 220 Å². The highest BCUT2D eigenvalue weighted by molar-refractivity contribution is 5.82. The van der Waals surface area contributed by atoms with Crippen molar-refractivity contribution < 1.29 is 15.5 Å². The predicted octanol–water partition coefficient (Wildman–Crippen LogP) is 8.34. The minimum Gasteiger partial charge on any atom is -0.225 e. The van der Waals surface area contributed by atoms with Crippen LogP contribution in [0, 0.1) is 6.92 Å². The van der Waals surface area contributed by atoms with Crippen molar-refractivity contribution in [3.8, 4) is 28.2 Å². The average molecular weight is 468 g/mol. The number of hydrogen-bond acceptors (Lipinski definition) is 0. The van der Waals surface area contributed by atoms with Gasteiger partial charge in [-0.1, -0.05) is 88.2 Å². The van der Waals surface area contributed by atoms with Crippen LogP contribution in [0.25, 0.3) is 39.2 Å². The molecule has 0 bridgehead atoms. The van der Waals surface area contributed by atoms with Crippen molar-refractivity contribution in [1.29, 1.82) is 0 Å². The lowest BCUT2D eigenvalue weighted by atomic mass is 9.88. The van der Waals surface area contributed by atoms with Gasteiger partial charge in [0.25, 0.3) is 5.82 Å². The summed E-state index contributed by atoms with van der Waals surface area (Å²) in [5.74, 6) is -3.66. The maximum atomic E-state index is 9.37. The summed E-state index contributed by atoms with van der Waals surface area (Å²) in [7, 11) is 1.91. The molecule has 4 aromatic carbocycles. The Bertz CT molecular complexity index is 1770. The summed E-state index contributed by atoms with van der Waals surface area (Å²) in [4.78, 5) is 0. The number of benzene rings is 4. The molecule has 5 rings (SSSR count). The number of hydrogen-bond donors (Lipinski definition) is 0. The van der Waals surface area contributed by atoms with E-state index in [-0.39, 0.29) is 16.8 Å². The predicted molar refractivity (Wildman–Crippen MR) is 148 cm³/mol. The largest absolute Gasteiger partial charge is 0.295 e. The van der Waals surface area contributed by atoms with Gasteiger partial charge in [0.15, 0.2) is 11.0 Å². The summed E-state index contributed by atoms with van der Waals surface area (Å²) in [6.45, 7) is -0.895. The van der Waals surface area contributed by atoms with Gasteiger partial charge in [-0.3, -0.25) is 0 Å². The molecule has 0 aliphatic carbocycles. The summed E-state index contributed by atoms with van der Waals surface area (Å²) in [6, 6.07) is 28.0. The molecule has 5 aromatic rings. The molecule has 0 fully saturated rings. The first-order valence-electron chi connectivity index (χ1n) is 15.8. The van der Waals surface area contributed by atoms with E-state index in [1.54, 1.807) is 12.1 Å². The highest BCUT2D eigenvalue weighted by Crippen LogP contribution is 2.39. The van der Waals surface area contributed by atoms with Crippen LogP contribution in [0.15, 0.2) is 91.0 Å².